The summed E-state index contributed by atoms with van der Waals surface area (Å²) < 4.78 is 5.31. The second-order valence-corrected chi connectivity index (χ2v) is 5.13. The Morgan fingerprint density at radius 3 is 2.31 bits per heavy atom. The van der Waals surface area contributed by atoms with Crippen molar-refractivity contribution >= 4 is 5.82 Å². The van der Waals surface area contributed by atoms with Gasteiger partial charge in [-0.15, -0.1) is 5.10 Å². The van der Waals surface area contributed by atoms with Gasteiger partial charge < -0.3 is 9.64 Å². The Labute approximate surface area is 96.6 Å². The van der Waals surface area contributed by atoms with Gasteiger partial charge in [0.05, 0.1) is 18.9 Å². The van der Waals surface area contributed by atoms with Crippen LogP contribution in [0.3, 0.4) is 0 Å². The Hall–Kier alpha value is -1.16. The summed E-state index contributed by atoms with van der Waals surface area (Å²) in [5, 5.41) is 8.58. The number of morpholine rings is 1. The summed E-state index contributed by atoms with van der Waals surface area (Å²) in [6.07, 6.45) is 0. The van der Waals surface area contributed by atoms with Gasteiger partial charge in [-0.1, -0.05) is 20.8 Å². The quantitative estimate of drug-likeness (QED) is 0.722. The van der Waals surface area contributed by atoms with Gasteiger partial charge in [0.1, 0.15) is 0 Å². The zero-order valence-corrected chi connectivity index (χ0v) is 10.2. The van der Waals surface area contributed by atoms with Gasteiger partial charge >= 0.3 is 0 Å². The molecule has 0 saturated carbocycles. The normalized spacial score (nSPS) is 17.6. The molecule has 1 aromatic rings. The van der Waals surface area contributed by atoms with Crippen LogP contribution in [0.15, 0.2) is 12.1 Å². The summed E-state index contributed by atoms with van der Waals surface area (Å²) in [6, 6.07) is 4.12. The smallest absolute Gasteiger partial charge is 0.151 e. The van der Waals surface area contributed by atoms with Crippen molar-refractivity contribution in [2.75, 3.05) is 31.2 Å². The van der Waals surface area contributed by atoms with Gasteiger partial charge in [0.2, 0.25) is 0 Å². The monoisotopic (exact) mass is 221 g/mol. The van der Waals surface area contributed by atoms with E-state index in [9.17, 15) is 0 Å². The number of ether oxygens (including phenoxy) is 1. The topological polar surface area (TPSA) is 38.2 Å². The second kappa shape index (κ2) is 4.37. The van der Waals surface area contributed by atoms with E-state index in [0.717, 1.165) is 37.8 Å². The molecule has 88 valence electrons. The maximum absolute atomic E-state index is 5.31. The minimum absolute atomic E-state index is 0.0660. The fourth-order valence-corrected chi connectivity index (χ4v) is 1.69. The molecule has 0 amide bonds. The molecule has 2 heterocycles. The Kier molecular flexibility index (Phi) is 3.10. The third-order valence-electron chi connectivity index (χ3n) is 2.75. The molecule has 0 bridgehead atoms. The molecule has 4 nitrogen and oxygen atoms in total. The minimum Gasteiger partial charge on any atom is -0.378 e. The van der Waals surface area contributed by atoms with Gasteiger partial charge in [0.15, 0.2) is 5.82 Å². The van der Waals surface area contributed by atoms with E-state index in [1.54, 1.807) is 0 Å². The molecule has 1 saturated heterocycles. The van der Waals surface area contributed by atoms with Gasteiger partial charge in [0.25, 0.3) is 0 Å². The van der Waals surface area contributed by atoms with E-state index in [1.165, 1.54) is 0 Å². The van der Waals surface area contributed by atoms with Gasteiger partial charge in [-0.05, 0) is 12.1 Å². The predicted molar refractivity (Wildman–Crippen MR) is 63.8 cm³/mol. The van der Waals surface area contributed by atoms with Crippen molar-refractivity contribution in [3.05, 3.63) is 17.8 Å². The Bertz CT molecular complexity index is 336. The van der Waals surface area contributed by atoms with Crippen molar-refractivity contribution in [2.45, 2.75) is 26.2 Å². The number of aromatic nitrogens is 2. The van der Waals surface area contributed by atoms with Crippen LogP contribution in [0.2, 0.25) is 0 Å². The van der Waals surface area contributed by atoms with E-state index in [2.05, 4.69) is 48.0 Å². The molecule has 0 spiro atoms. The van der Waals surface area contributed by atoms with E-state index in [0.29, 0.717) is 0 Å². The number of rotatable bonds is 1. The largest absolute Gasteiger partial charge is 0.378 e. The first kappa shape index (κ1) is 11.3. The van der Waals surface area contributed by atoms with Crippen LogP contribution in [0.4, 0.5) is 5.82 Å². The lowest BCUT2D eigenvalue weighted by Gasteiger charge is -2.27. The molecule has 1 aliphatic rings. The lowest BCUT2D eigenvalue weighted by Crippen LogP contribution is -2.37. The standard InChI is InChI=1S/C12H19N3O/c1-12(2,3)10-4-5-11(14-13-10)15-6-8-16-9-7-15/h4-5H,6-9H2,1-3H3. The third kappa shape index (κ3) is 2.50. The predicted octanol–water partition coefficient (Wildman–Crippen LogP) is 1.61. The van der Waals surface area contributed by atoms with Crippen LogP contribution in [-0.4, -0.2) is 36.5 Å². The van der Waals surface area contributed by atoms with E-state index >= 15 is 0 Å². The average molecular weight is 221 g/mol. The highest BCUT2D eigenvalue weighted by Crippen LogP contribution is 2.20. The summed E-state index contributed by atoms with van der Waals surface area (Å²) in [4.78, 5) is 2.21. The van der Waals surface area contributed by atoms with Gasteiger partial charge in [-0.2, -0.15) is 5.10 Å². The van der Waals surface area contributed by atoms with E-state index < -0.39 is 0 Å². The first-order chi connectivity index (χ1) is 7.57. The number of hydrogen-bond acceptors (Lipinski definition) is 4. The van der Waals surface area contributed by atoms with Crippen LogP contribution in [0.25, 0.3) is 0 Å². The molecule has 0 atom stereocenters. The van der Waals surface area contributed by atoms with Gasteiger partial charge in [-0.25, -0.2) is 0 Å². The molecule has 1 aromatic heterocycles. The first-order valence-electron chi connectivity index (χ1n) is 5.74. The third-order valence-corrected chi connectivity index (χ3v) is 2.75. The van der Waals surface area contributed by atoms with Crippen LogP contribution < -0.4 is 4.90 Å². The summed E-state index contributed by atoms with van der Waals surface area (Å²) in [5.74, 6) is 0.955. The van der Waals surface area contributed by atoms with Crippen LogP contribution in [0.5, 0.6) is 0 Å². The van der Waals surface area contributed by atoms with Crippen LogP contribution in [-0.2, 0) is 10.2 Å². The molecule has 0 radical (unpaired) electrons. The van der Waals surface area contributed by atoms with Crippen molar-refractivity contribution in [3.8, 4) is 0 Å². The fraction of sp³-hybridized carbons (Fsp3) is 0.667. The highest BCUT2D eigenvalue weighted by molar-refractivity contribution is 5.38. The molecule has 0 aromatic carbocycles. The number of hydrogen-bond donors (Lipinski definition) is 0. The molecular weight excluding hydrogens is 202 g/mol. The van der Waals surface area contributed by atoms with E-state index in [1.807, 2.05) is 0 Å². The molecule has 1 aliphatic heterocycles. The molecule has 0 N–H and O–H groups in total. The van der Waals surface area contributed by atoms with E-state index in [-0.39, 0.29) is 5.41 Å². The van der Waals surface area contributed by atoms with Crippen molar-refractivity contribution in [1.29, 1.82) is 0 Å². The lowest BCUT2D eigenvalue weighted by atomic mass is 9.92. The van der Waals surface area contributed by atoms with Gasteiger partial charge in [0, 0.05) is 18.5 Å². The fourth-order valence-electron chi connectivity index (χ4n) is 1.69. The van der Waals surface area contributed by atoms with Crippen LogP contribution >= 0.6 is 0 Å². The van der Waals surface area contributed by atoms with Crippen molar-refractivity contribution < 1.29 is 4.74 Å². The Morgan fingerprint density at radius 2 is 1.81 bits per heavy atom. The molecule has 2 rings (SSSR count). The van der Waals surface area contributed by atoms with Crippen molar-refractivity contribution in [1.82, 2.24) is 10.2 Å². The SMILES string of the molecule is CC(C)(C)c1ccc(N2CCOCC2)nn1. The summed E-state index contributed by atoms with van der Waals surface area (Å²) in [7, 11) is 0. The van der Waals surface area contributed by atoms with E-state index in [4.69, 9.17) is 4.74 Å². The zero-order chi connectivity index (χ0) is 11.6. The second-order valence-electron chi connectivity index (χ2n) is 5.13. The highest BCUT2D eigenvalue weighted by Gasteiger charge is 2.17. The van der Waals surface area contributed by atoms with Crippen LogP contribution in [0.1, 0.15) is 26.5 Å². The Morgan fingerprint density at radius 1 is 1.12 bits per heavy atom. The maximum Gasteiger partial charge on any atom is 0.151 e. The Balaban J connectivity index is 2.12. The molecular formula is C12H19N3O. The summed E-state index contributed by atoms with van der Waals surface area (Å²) in [6.45, 7) is 9.81. The molecule has 4 heteroatoms. The number of anilines is 1. The van der Waals surface area contributed by atoms with Gasteiger partial charge in [-0.3, -0.25) is 0 Å². The minimum atomic E-state index is 0.0660. The molecule has 0 unspecified atom stereocenters. The molecule has 16 heavy (non-hydrogen) atoms. The lowest BCUT2D eigenvalue weighted by molar-refractivity contribution is 0.122. The number of nitrogens with zero attached hydrogens (tertiary/aromatic N) is 3. The van der Waals surface area contributed by atoms with Crippen molar-refractivity contribution in [2.24, 2.45) is 0 Å². The maximum atomic E-state index is 5.31. The highest BCUT2D eigenvalue weighted by atomic mass is 16.5. The molecule has 1 fully saturated rings. The summed E-state index contributed by atoms with van der Waals surface area (Å²) in [5.41, 5.74) is 1.10. The zero-order valence-electron chi connectivity index (χ0n) is 10.2. The molecule has 0 aliphatic carbocycles. The summed E-state index contributed by atoms with van der Waals surface area (Å²) >= 11 is 0. The van der Waals surface area contributed by atoms with Crippen LogP contribution in [0, 0.1) is 0 Å². The van der Waals surface area contributed by atoms with Crippen molar-refractivity contribution in [3.63, 3.8) is 0 Å². The average Bonchev–Trinajstić information content (AvgIpc) is 2.29. The first-order valence-corrected chi connectivity index (χ1v) is 5.74.